The number of nitrogens with zero attached hydrogens (tertiary/aromatic N) is 5. The smallest absolute Gasteiger partial charge is 0.330 e. The number of halogens is 3. The quantitative estimate of drug-likeness (QED) is 0.311. The fraction of sp³-hybridized carbons (Fsp3) is 0.310. The molecule has 2 aromatic heterocycles. The molecule has 1 N–H and O–H groups in total. The minimum absolute atomic E-state index is 0.0584. The van der Waals surface area contributed by atoms with Gasteiger partial charge in [-0.1, -0.05) is 0 Å². The number of anilines is 2. The van der Waals surface area contributed by atoms with Gasteiger partial charge >= 0.3 is 5.97 Å². The second-order valence-corrected chi connectivity index (χ2v) is 12.7. The predicted molar refractivity (Wildman–Crippen MR) is 156 cm³/mol. The van der Waals surface area contributed by atoms with Crippen molar-refractivity contribution >= 4 is 38.4 Å². The third-order valence-electron chi connectivity index (χ3n) is 6.84. The first-order valence-electron chi connectivity index (χ1n) is 13.5. The molecule has 1 aliphatic heterocycles. The number of piperazine rings is 1. The molecule has 0 atom stereocenters. The van der Waals surface area contributed by atoms with Crippen LogP contribution in [-0.4, -0.2) is 67.7 Å². The first-order valence-corrected chi connectivity index (χ1v) is 14.9. The Morgan fingerprint density at radius 1 is 0.932 bits per heavy atom. The zero-order valence-electron chi connectivity index (χ0n) is 24.3. The Bertz CT molecular complexity index is 1840. The zero-order chi connectivity index (χ0) is 31.8. The summed E-state index contributed by atoms with van der Waals surface area (Å²) in [5.74, 6) is -2.86. The first kappa shape index (κ1) is 30.9. The number of sulfonamides is 1. The molecule has 1 saturated heterocycles. The van der Waals surface area contributed by atoms with Gasteiger partial charge in [-0.05, 0) is 56.7 Å². The molecule has 232 valence electrons. The van der Waals surface area contributed by atoms with Gasteiger partial charge in [0.2, 0.25) is 5.88 Å². The second kappa shape index (κ2) is 11.9. The minimum Gasteiger partial charge on any atom is -0.480 e. The molecule has 1 aliphatic rings. The van der Waals surface area contributed by atoms with E-state index < -0.39 is 43.5 Å². The van der Waals surface area contributed by atoms with Crippen LogP contribution in [0.5, 0.6) is 5.88 Å². The third-order valence-corrected chi connectivity index (χ3v) is 8.20. The summed E-state index contributed by atoms with van der Waals surface area (Å²) in [5.41, 5.74) is -0.603. The summed E-state index contributed by atoms with van der Waals surface area (Å²) < 4.78 is 76.7. The fourth-order valence-electron chi connectivity index (χ4n) is 4.48. The Kier molecular flexibility index (Phi) is 8.36. The van der Waals surface area contributed by atoms with Gasteiger partial charge in [-0.2, -0.15) is 0 Å². The summed E-state index contributed by atoms with van der Waals surface area (Å²) in [6, 6.07) is 6.41. The molecule has 5 rings (SSSR count). The van der Waals surface area contributed by atoms with Crippen LogP contribution >= 0.6 is 0 Å². The van der Waals surface area contributed by atoms with E-state index in [0.29, 0.717) is 43.4 Å². The number of aromatic nitrogens is 3. The Morgan fingerprint density at radius 2 is 1.66 bits per heavy atom. The molecule has 0 unspecified atom stereocenters. The van der Waals surface area contributed by atoms with E-state index in [9.17, 15) is 22.0 Å². The molecule has 15 heteroatoms. The molecule has 4 aromatic rings. The summed E-state index contributed by atoms with van der Waals surface area (Å²) >= 11 is 0. The number of ether oxygens (including phenoxy) is 1. The number of hydroxylamine groups is 2. The van der Waals surface area contributed by atoms with E-state index in [1.165, 1.54) is 31.8 Å². The van der Waals surface area contributed by atoms with Crippen molar-refractivity contribution < 1.29 is 36.0 Å². The lowest BCUT2D eigenvalue weighted by molar-refractivity contribution is -0.201. The molecular weight excluding hydrogens is 601 g/mol. The zero-order valence-corrected chi connectivity index (χ0v) is 25.1. The van der Waals surface area contributed by atoms with E-state index in [4.69, 9.17) is 9.57 Å². The molecule has 0 amide bonds. The average molecular weight is 631 g/mol. The maximum atomic E-state index is 15.4. The lowest BCUT2D eigenvalue weighted by atomic mass is 9.98. The SMILES string of the molecule is COc1ncc(-c2cc(F)c3ncnc(N4CCN(OC(=O)C(C)(C)C)CC4)c3c2)cc1S(=O)(=O)Nc1ccc(F)cc1F. The summed E-state index contributed by atoms with van der Waals surface area (Å²) in [5, 5.41) is 1.95. The number of hydrogen-bond acceptors (Lipinski definition) is 10. The van der Waals surface area contributed by atoms with Gasteiger partial charge in [0.15, 0.2) is 0 Å². The largest absolute Gasteiger partial charge is 0.480 e. The van der Waals surface area contributed by atoms with Crippen molar-refractivity contribution in [2.45, 2.75) is 25.7 Å². The van der Waals surface area contributed by atoms with Gasteiger partial charge in [0.1, 0.15) is 40.0 Å². The van der Waals surface area contributed by atoms with E-state index >= 15 is 4.39 Å². The van der Waals surface area contributed by atoms with Crippen molar-refractivity contribution in [3.05, 3.63) is 66.4 Å². The Balaban J connectivity index is 1.47. The molecule has 44 heavy (non-hydrogen) atoms. The molecule has 0 radical (unpaired) electrons. The van der Waals surface area contributed by atoms with Crippen molar-refractivity contribution in [2.24, 2.45) is 5.41 Å². The number of methoxy groups -OCH3 is 1. The Morgan fingerprint density at radius 3 is 2.32 bits per heavy atom. The Labute approximate surface area is 251 Å². The van der Waals surface area contributed by atoms with Crippen molar-refractivity contribution in [3.8, 4) is 17.0 Å². The van der Waals surface area contributed by atoms with Gasteiger partial charge in [-0.3, -0.25) is 4.72 Å². The molecule has 3 heterocycles. The van der Waals surface area contributed by atoms with Crippen LogP contribution in [0.3, 0.4) is 0 Å². The van der Waals surface area contributed by atoms with Gasteiger partial charge in [0, 0.05) is 36.3 Å². The highest BCUT2D eigenvalue weighted by molar-refractivity contribution is 7.92. The number of fused-ring (bicyclic) bond motifs is 1. The number of benzene rings is 2. The van der Waals surface area contributed by atoms with E-state index in [0.717, 1.165) is 12.1 Å². The number of carbonyl (C=O) groups is 1. The maximum Gasteiger partial charge on any atom is 0.330 e. The van der Waals surface area contributed by atoms with E-state index in [2.05, 4.69) is 19.7 Å². The molecule has 1 fully saturated rings. The summed E-state index contributed by atoms with van der Waals surface area (Å²) in [6.45, 7) is 6.93. The highest BCUT2D eigenvalue weighted by Crippen LogP contribution is 2.34. The van der Waals surface area contributed by atoms with Gasteiger partial charge in [0.05, 0.1) is 31.3 Å². The third kappa shape index (κ3) is 6.38. The van der Waals surface area contributed by atoms with Gasteiger partial charge in [0.25, 0.3) is 10.0 Å². The van der Waals surface area contributed by atoms with Crippen molar-refractivity contribution in [1.29, 1.82) is 0 Å². The van der Waals surface area contributed by atoms with Crippen LogP contribution in [0.2, 0.25) is 0 Å². The highest BCUT2D eigenvalue weighted by atomic mass is 32.2. The maximum absolute atomic E-state index is 15.4. The normalized spacial score (nSPS) is 14.5. The average Bonchev–Trinajstić information content (AvgIpc) is 2.98. The lowest BCUT2D eigenvalue weighted by Crippen LogP contribution is -2.48. The van der Waals surface area contributed by atoms with Crippen LogP contribution < -0.4 is 14.4 Å². The predicted octanol–water partition coefficient (Wildman–Crippen LogP) is 4.54. The molecule has 11 nitrogen and oxygen atoms in total. The minimum atomic E-state index is -4.49. The molecule has 0 saturated carbocycles. The topological polar surface area (TPSA) is 127 Å². The number of nitrogens with one attached hydrogen (secondary N) is 1. The van der Waals surface area contributed by atoms with Gasteiger partial charge in [-0.15, -0.1) is 5.06 Å². The fourth-order valence-corrected chi connectivity index (χ4v) is 5.70. The van der Waals surface area contributed by atoms with Crippen molar-refractivity contribution in [3.63, 3.8) is 0 Å². The molecule has 0 aliphatic carbocycles. The lowest BCUT2D eigenvalue weighted by Gasteiger charge is -2.35. The van der Waals surface area contributed by atoms with Crippen LogP contribution in [0, 0.1) is 22.9 Å². The highest BCUT2D eigenvalue weighted by Gasteiger charge is 2.29. The Hall–Kier alpha value is -4.50. The van der Waals surface area contributed by atoms with E-state index in [1.807, 2.05) is 4.90 Å². The standard InChI is InChI=1S/C29H29F3N6O5S/c1-29(2,3)28(39)43-38-9-7-37(8-10-38)26-20-11-17(12-22(32)25(20)34-16-35-26)18-13-24(27(42-4)33-15-18)44(40,41)36-23-6-5-19(30)14-21(23)31/h5-6,11-16,36H,7-10H2,1-4H3. The second-order valence-electron chi connectivity index (χ2n) is 11.1. The van der Waals surface area contributed by atoms with Crippen LogP contribution in [0.4, 0.5) is 24.7 Å². The van der Waals surface area contributed by atoms with Gasteiger partial charge < -0.3 is 14.5 Å². The summed E-state index contributed by atoms with van der Waals surface area (Å²) in [4.78, 5) is 31.8. The number of rotatable bonds is 7. The van der Waals surface area contributed by atoms with E-state index in [-0.39, 0.29) is 28.5 Å². The van der Waals surface area contributed by atoms with E-state index in [1.54, 1.807) is 31.9 Å². The number of carbonyl (C=O) groups excluding carboxylic acids is 1. The molecule has 0 spiro atoms. The monoisotopic (exact) mass is 630 g/mol. The van der Waals surface area contributed by atoms with Crippen LogP contribution in [-0.2, 0) is 19.7 Å². The van der Waals surface area contributed by atoms with Gasteiger partial charge in [-0.25, -0.2) is 41.3 Å². The van der Waals surface area contributed by atoms with Crippen LogP contribution in [0.25, 0.3) is 22.0 Å². The number of hydrogen-bond donors (Lipinski definition) is 1. The van der Waals surface area contributed by atoms with Crippen LogP contribution in [0.1, 0.15) is 20.8 Å². The van der Waals surface area contributed by atoms with Crippen LogP contribution in [0.15, 0.2) is 53.8 Å². The summed E-state index contributed by atoms with van der Waals surface area (Å²) in [7, 11) is -3.28. The molecular formula is C29H29F3N6O5S. The first-order chi connectivity index (χ1) is 20.8. The molecule has 2 aromatic carbocycles. The molecule has 0 bridgehead atoms. The summed E-state index contributed by atoms with van der Waals surface area (Å²) in [6.07, 6.45) is 2.56. The van der Waals surface area contributed by atoms with Crippen molar-refractivity contribution in [1.82, 2.24) is 20.0 Å². The van der Waals surface area contributed by atoms with Crippen molar-refractivity contribution in [2.75, 3.05) is 42.9 Å². The number of pyridine rings is 1.